The fourth-order valence-electron chi connectivity index (χ4n) is 9.16. The number of carboxylic acids is 5. The molecule has 96 heavy (non-hydrogen) atoms. The van der Waals surface area contributed by atoms with Crippen molar-refractivity contribution in [1.82, 2.24) is 0 Å². The standard InChI is InChI=1S/C24H20P.C12H28P.2C8H20P.2C4H8O2.2C4H12P.3C3H6O2.CH2O2/c1-5-13-21(14-6-1)25(22-15-7-2-8-16-22,23-17-9-3-10-18-23)24-19-11-4-12-20-24;1-5-9-13(10-6-2,11-7-3)12-8-4;2*1-5-9(6-2,7-3)8-4;2*1-2-3-4(5)6;2*1-5(2,3)4;3*1-2-3(4)5;2-1-3/h1-20H;5-12H2,1-4H3;2*5-8H2,1-4H3;2*2-3H2,1H3,(H,5,6);2*1-4H3;3*2H2,1H3,(H,4,5);1H,(H,2,3)/q4*+1;;;2*+1;;;;/p-6. The Morgan fingerprint density at radius 3 is 0.510 bits per heavy atom. The van der Waals surface area contributed by atoms with Crippen LogP contribution in [0.1, 0.15) is 188 Å². The maximum atomic E-state index is 9.49. The van der Waals surface area contributed by atoms with Crippen molar-refractivity contribution in [3.8, 4) is 0 Å². The number of benzene rings is 4. The van der Waals surface area contributed by atoms with Crippen molar-refractivity contribution in [1.29, 1.82) is 0 Å². The lowest BCUT2D eigenvalue weighted by molar-refractivity contribution is -0.307. The predicted octanol–water partition coefficient (Wildman–Crippen LogP) is 13.0. The van der Waals surface area contributed by atoms with Crippen LogP contribution in [0.25, 0.3) is 0 Å². The van der Waals surface area contributed by atoms with E-state index in [0.29, 0.717) is 12.8 Å². The van der Waals surface area contributed by atoms with Crippen LogP contribution in [0.15, 0.2) is 121 Å². The van der Waals surface area contributed by atoms with E-state index in [1.807, 2.05) is 0 Å². The van der Waals surface area contributed by atoms with E-state index in [-0.39, 0.29) is 46.6 Å². The molecule has 556 valence electrons. The Kier molecular flexibility index (Phi) is 78.6. The normalized spacial score (nSPS) is 10.3. The Hall–Kier alpha value is -3.72. The van der Waals surface area contributed by atoms with Crippen LogP contribution in [-0.2, 0) is 28.8 Å². The average Bonchev–Trinajstić information content (AvgIpc) is 0.742. The number of hydrogen-bond acceptors (Lipinski definition) is 12. The second-order valence-corrected chi connectivity index (χ2v) is 54.4. The van der Waals surface area contributed by atoms with Gasteiger partial charge in [-0.05, 0) is 162 Å². The summed E-state index contributed by atoms with van der Waals surface area (Å²) in [6.45, 7) is 54.3. The first-order valence-corrected chi connectivity index (χ1v) is 51.7. The summed E-state index contributed by atoms with van der Waals surface area (Å²) in [4.78, 5) is 55.0. The minimum absolute atomic E-state index is 0.111. The van der Waals surface area contributed by atoms with Gasteiger partial charge in [-0.3, -0.25) is 0 Å². The number of aliphatic carboxylic acids is 5. The van der Waals surface area contributed by atoms with Gasteiger partial charge < -0.3 is 59.4 Å². The summed E-state index contributed by atoms with van der Waals surface area (Å²) in [7, 11) is -4.02. The summed E-state index contributed by atoms with van der Waals surface area (Å²) in [6, 6.07) is 43.8. The second kappa shape index (κ2) is 69.7. The quantitative estimate of drug-likeness (QED) is 0.0400. The zero-order valence-electron chi connectivity index (χ0n) is 65.5. The van der Waals surface area contributed by atoms with Crippen LogP contribution in [0.2, 0.25) is 0 Å². The lowest BCUT2D eigenvalue weighted by atomic mass is 10.3. The molecule has 0 unspecified atom stereocenters. The molecule has 0 saturated carbocycles. The molecule has 0 atom stereocenters. The van der Waals surface area contributed by atoms with Crippen molar-refractivity contribution in [3.63, 3.8) is 0 Å². The van der Waals surface area contributed by atoms with Crippen LogP contribution >= 0.6 is 43.6 Å². The lowest BCUT2D eigenvalue weighted by Gasteiger charge is -2.27. The minimum atomic E-state index is -1.91. The number of rotatable bonds is 27. The van der Waals surface area contributed by atoms with E-state index in [1.165, 1.54) is 117 Å². The van der Waals surface area contributed by atoms with Crippen molar-refractivity contribution >= 4 is 101 Å². The summed E-state index contributed by atoms with van der Waals surface area (Å²) < 4.78 is 0. The Labute approximate surface area is 594 Å². The Morgan fingerprint density at radius 1 is 0.292 bits per heavy atom. The summed E-state index contributed by atoms with van der Waals surface area (Å²) in [5.41, 5.74) is 0. The summed E-state index contributed by atoms with van der Waals surface area (Å²) >= 11 is 0. The first-order chi connectivity index (χ1) is 44.9. The number of carbonyl (C=O) groups is 6. The Balaban J connectivity index is -0.000000158. The molecule has 0 N–H and O–H groups in total. The summed E-state index contributed by atoms with van der Waals surface area (Å²) in [5.74, 6) is -4.91. The Bertz CT molecular complexity index is 2060. The molecule has 0 fully saturated rings. The second-order valence-electron chi connectivity index (χ2n) is 25.3. The van der Waals surface area contributed by atoms with Gasteiger partial charge >= 0.3 is 0 Å². The first-order valence-electron chi connectivity index (χ1n) is 35.2. The SMILES string of the molecule is CCC(=O)[O-].CCC(=O)[O-].CCC(=O)[O-].CCCC(=O)[O-].CCCC(=O)[O-].CCC[P+](CCC)(CCC)CCC.CC[P+](CC)(CC)CC.CC[P+](CC)(CC)CC.C[P+](C)(C)C.C[P+](C)(C)C.O=C[O-].c1ccc([P+](c2ccccc2)(c2ccccc2)c2ccccc2)cc1. The monoisotopic (exact) mass is 1460 g/mol. The molecular formula is C78H142O12P6. The number of carbonyl (C=O) groups excluding carboxylic acids is 6. The third-order valence-corrected chi connectivity index (χ3v) is 35.1. The lowest BCUT2D eigenvalue weighted by Crippen LogP contribution is -2.38. The molecule has 0 aliphatic carbocycles. The van der Waals surface area contributed by atoms with Crippen molar-refractivity contribution in [2.24, 2.45) is 0 Å². The smallest absolute Gasteiger partial charge is 0.144 e. The highest BCUT2D eigenvalue weighted by Gasteiger charge is 2.47. The van der Waals surface area contributed by atoms with Gasteiger partial charge in [0.15, 0.2) is 0 Å². The van der Waals surface area contributed by atoms with Crippen molar-refractivity contribution in [2.45, 2.75) is 188 Å². The molecular weight excluding hydrogens is 1310 g/mol. The minimum Gasteiger partial charge on any atom is -0.554 e. The van der Waals surface area contributed by atoms with Gasteiger partial charge in [0, 0.05) is 126 Å². The zero-order chi connectivity index (χ0) is 76.3. The fraction of sp³-hybridized carbons (Fsp3) is 0.615. The largest absolute Gasteiger partial charge is 0.554 e. The van der Waals surface area contributed by atoms with E-state index in [9.17, 15) is 49.5 Å². The highest BCUT2D eigenvalue weighted by molar-refractivity contribution is 8.01. The molecule has 4 rings (SSSR count). The molecule has 0 bridgehead atoms. The average molecular weight is 1460 g/mol. The van der Waals surface area contributed by atoms with Gasteiger partial charge in [0.1, 0.15) is 28.5 Å². The Morgan fingerprint density at radius 2 is 0.438 bits per heavy atom. The van der Waals surface area contributed by atoms with Crippen molar-refractivity contribution < 1.29 is 59.4 Å². The molecule has 0 radical (unpaired) electrons. The van der Waals surface area contributed by atoms with E-state index in [2.05, 4.69) is 258 Å². The molecule has 0 aliphatic heterocycles. The van der Waals surface area contributed by atoms with Gasteiger partial charge in [-0.2, -0.15) is 0 Å². The zero-order valence-corrected chi connectivity index (χ0v) is 70.8. The van der Waals surface area contributed by atoms with Crippen LogP contribution in [0, 0.1) is 0 Å². The molecule has 4 aromatic rings. The molecule has 4 aromatic carbocycles. The topological polar surface area (TPSA) is 241 Å². The van der Waals surface area contributed by atoms with Gasteiger partial charge in [0.25, 0.3) is 0 Å². The van der Waals surface area contributed by atoms with Gasteiger partial charge in [-0.15, -0.1) is 0 Å². The summed E-state index contributed by atoms with van der Waals surface area (Å²) in [5, 5.41) is 60.5. The van der Waals surface area contributed by atoms with Gasteiger partial charge in [-0.1, -0.05) is 148 Å². The third-order valence-electron chi connectivity index (χ3n) is 14.5. The van der Waals surface area contributed by atoms with Crippen LogP contribution in [-0.4, -0.2) is 164 Å². The molecule has 0 heterocycles. The van der Waals surface area contributed by atoms with E-state index in [1.54, 1.807) is 38.5 Å². The van der Waals surface area contributed by atoms with E-state index in [0.717, 1.165) is 0 Å². The van der Waals surface area contributed by atoms with Gasteiger partial charge in [-0.25, -0.2) is 0 Å². The number of carboxylic acid groups (broad SMARTS) is 6. The van der Waals surface area contributed by atoms with Crippen LogP contribution < -0.4 is 51.9 Å². The molecule has 0 saturated heterocycles. The van der Waals surface area contributed by atoms with E-state index >= 15 is 0 Å². The van der Waals surface area contributed by atoms with Gasteiger partial charge in [0.2, 0.25) is 0 Å². The van der Waals surface area contributed by atoms with Crippen LogP contribution in [0.4, 0.5) is 0 Å². The van der Waals surface area contributed by atoms with Crippen LogP contribution in [0.5, 0.6) is 0 Å². The highest BCUT2D eigenvalue weighted by Crippen LogP contribution is 2.61. The van der Waals surface area contributed by atoms with Crippen LogP contribution in [0.3, 0.4) is 0 Å². The van der Waals surface area contributed by atoms with E-state index in [4.69, 9.17) is 9.90 Å². The fourth-order valence-corrected chi connectivity index (χ4v) is 23.9. The molecule has 0 amide bonds. The predicted molar refractivity (Wildman–Crippen MR) is 430 cm³/mol. The van der Waals surface area contributed by atoms with Gasteiger partial charge in [0.05, 0.1) is 73.9 Å². The number of hydrogen-bond donors (Lipinski definition) is 0. The first kappa shape index (κ1) is 108. The highest BCUT2D eigenvalue weighted by atomic mass is 31.2. The molecule has 0 spiro atoms. The van der Waals surface area contributed by atoms with Crippen molar-refractivity contribution in [2.75, 3.05) is 127 Å². The molecule has 0 aliphatic rings. The maximum absolute atomic E-state index is 9.49. The molecule has 0 aromatic heterocycles. The van der Waals surface area contributed by atoms with Crippen molar-refractivity contribution in [3.05, 3.63) is 121 Å². The van der Waals surface area contributed by atoms with E-state index < -0.39 is 65.4 Å². The third kappa shape index (κ3) is 66.2. The summed E-state index contributed by atoms with van der Waals surface area (Å²) in [6.07, 6.45) is 25.5. The maximum Gasteiger partial charge on any atom is 0.144 e. The molecule has 18 heteroatoms. The molecule has 12 nitrogen and oxygen atoms in total.